The lowest BCUT2D eigenvalue weighted by Gasteiger charge is -2.31. The Morgan fingerprint density at radius 1 is 0.966 bits per heavy atom. The van der Waals surface area contributed by atoms with Gasteiger partial charge in [-0.3, -0.25) is 9.59 Å². The minimum Gasteiger partial charge on any atom is -0.493 e. The van der Waals surface area contributed by atoms with E-state index in [0.717, 1.165) is 11.1 Å². The molecule has 1 aliphatic rings. The van der Waals surface area contributed by atoms with Crippen molar-refractivity contribution in [3.8, 4) is 11.5 Å². The molecule has 1 N–H and O–H groups in total. The Morgan fingerprint density at radius 2 is 1.66 bits per heavy atom. The number of amides is 2. The molecule has 0 radical (unpaired) electrons. The number of carbonyl (C=O) groups is 2. The van der Waals surface area contributed by atoms with Crippen molar-refractivity contribution >= 4 is 11.8 Å². The fourth-order valence-electron chi connectivity index (χ4n) is 3.60. The third-order valence-corrected chi connectivity index (χ3v) is 5.33. The fourth-order valence-corrected chi connectivity index (χ4v) is 3.60. The minimum atomic E-state index is -0.0593. The molecule has 0 aliphatic carbocycles. The normalized spacial score (nSPS) is 14.3. The second-order valence-corrected chi connectivity index (χ2v) is 7.22. The van der Waals surface area contributed by atoms with Gasteiger partial charge in [0.25, 0.3) is 0 Å². The number of ether oxygens (including phenoxy) is 2. The van der Waals surface area contributed by atoms with Crippen molar-refractivity contribution in [2.75, 3.05) is 27.3 Å². The SMILES string of the molecule is COc1ccc(CNC(=O)C2CCN(C(=O)Cc3ccccc3)CC2)cc1OC. The number of hydrogen-bond acceptors (Lipinski definition) is 4. The summed E-state index contributed by atoms with van der Waals surface area (Å²) >= 11 is 0. The number of hydrogen-bond donors (Lipinski definition) is 1. The van der Waals surface area contributed by atoms with Crippen LogP contribution in [-0.2, 0) is 22.6 Å². The summed E-state index contributed by atoms with van der Waals surface area (Å²) in [6.45, 7) is 1.69. The van der Waals surface area contributed by atoms with Crippen LogP contribution in [0.2, 0.25) is 0 Å². The van der Waals surface area contributed by atoms with Crippen molar-refractivity contribution in [3.63, 3.8) is 0 Å². The van der Waals surface area contributed by atoms with E-state index in [2.05, 4.69) is 5.32 Å². The van der Waals surface area contributed by atoms with Crippen LogP contribution in [0.3, 0.4) is 0 Å². The highest BCUT2D eigenvalue weighted by atomic mass is 16.5. The first-order valence-electron chi connectivity index (χ1n) is 9.91. The molecule has 1 heterocycles. The molecule has 2 aromatic carbocycles. The van der Waals surface area contributed by atoms with Gasteiger partial charge in [0, 0.05) is 25.6 Å². The second kappa shape index (κ2) is 9.96. The number of rotatable bonds is 7. The van der Waals surface area contributed by atoms with Crippen LogP contribution >= 0.6 is 0 Å². The van der Waals surface area contributed by atoms with Crippen LogP contribution in [0.5, 0.6) is 11.5 Å². The molecule has 0 saturated carbocycles. The number of benzene rings is 2. The van der Waals surface area contributed by atoms with Crippen molar-refractivity contribution in [1.82, 2.24) is 10.2 Å². The largest absolute Gasteiger partial charge is 0.493 e. The molecule has 1 fully saturated rings. The maximum absolute atomic E-state index is 12.5. The van der Waals surface area contributed by atoms with Gasteiger partial charge in [0.15, 0.2) is 11.5 Å². The number of piperidine rings is 1. The van der Waals surface area contributed by atoms with E-state index in [1.54, 1.807) is 14.2 Å². The number of methoxy groups -OCH3 is 2. The van der Waals surface area contributed by atoms with Crippen LogP contribution < -0.4 is 14.8 Å². The Morgan fingerprint density at radius 3 is 2.31 bits per heavy atom. The monoisotopic (exact) mass is 396 g/mol. The predicted octanol–water partition coefficient (Wildman–Crippen LogP) is 2.80. The van der Waals surface area contributed by atoms with Gasteiger partial charge in [-0.2, -0.15) is 0 Å². The van der Waals surface area contributed by atoms with Gasteiger partial charge in [0.05, 0.1) is 20.6 Å². The summed E-state index contributed by atoms with van der Waals surface area (Å²) in [7, 11) is 3.18. The van der Waals surface area contributed by atoms with Gasteiger partial charge in [-0.1, -0.05) is 36.4 Å². The summed E-state index contributed by atoms with van der Waals surface area (Å²) in [4.78, 5) is 26.9. The average molecular weight is 396 g/mol. The molecule has 0 aromatic heterocycles. The maximum atomic E-state index is 12.5. The molecule has 1 saturated heterocycles. The van der Waals surface area contributed by atoms with Gasteiger partial charge >= 0.3 is 0 Å². The van der Waals surface area contributed by atoms with Crippen LogP contribution in [0, 0.1) is 5.92 Å². The van der Waals surface area contributed by atoms with E-state index in [4.69, 9.17) is 9.47 Å². The van der Waals surface area contributed by atoms with Crippen molar-refractivity contribution < 1.29 is 19.1 Å². The summed E-state index contributed by atoms with van der Waals surface area (Å²) in [5.74, 6) is 1.41. The highest BCUT2D eigenvalue weighted by Gasteiger charge is 2.27. The predicted molar refractivity (Wildman–Crippen MR) is 111 cm³/mol. The van der Waals surface area contributed by atoms with E-state index in [9.17, 15) is 9.59 Å². The van der Waals surface area contributed by atoms with E-state index in [-0.39, 0.29) is 17.7 Å². The Labute approximate surface area is 171 Å². The average Bonchev–Trinajstić information content (AvgIpc) is 2.78. The lowest BCUT2D eigenvalue weighted by molar-refractivity contribution is -0.135. The number of nitrogens with zero attached hydrogens (tertiary/aromatic N) is 1. The molecule has 29 heavy (non-hydrogen) atoms. The highest BCUT2D eigenvalue weighted by Crippen LogP contribution is 2.27. The van der Waals surface area contributed by atoms with Crippen LogP contribution in [0.25, 0.3) is 0 Å². The molecule has 0 atom stereocenters. The minimum absolute atomic E-state index is 0.0370. The van der Waals surface area contributed by atoms with E-state index in [1.165, 1.54) is 0 Å². The van der Waals surface area contributed by atoms with E-state index in [1.807, 2.05) is 53.4 Å². The van der Waals surface area contributed by atoms with Crippen LogP contribution in [-0.4, -0.2) is 44.0 Å². The molecule has 6 nitrogen and oxygen atoms in total. The molecule has 0 bridgehead atoms. The Bertz CT molecular complexity index is 830. The third kappa shape index (κ3) is 5.50. The zero-order valence-corrected chi connectivity index (χ0v) is 17.0. The molecule has 6 heteroatoms. The van der Waals surface area contributed by atoms with Crippen molar-refractivity contribution in [2.24, 2.45) is 5.92 Å². The van der Waals surface area contributed by atoms with Gasteiger partial charge in [-0.15, -0.1) is 0 Å². The third-order valence-electron chi connectivity index (χ3n) is 5.33. The first kappa shape index (κ1) is 20.7. The topological polar surface area (TPSA) is 67.9 Å². The molecule has 0 unspecified atom stereocenters. The Kier molecular flexibility index (Phi) is 7.11. The second-order valence-electron chi connectivity index (χ2n) is 7.22. The summed E-state index contributed by atoms with van der Waals surface area (Å²) in [5.41, 5.74) is 1.97. The smallest absolute Gasteiger partial charge is 0.226 e. The van der Waals surface area contributed by atoms with Crippen LogP contribution in [0.15, 0.2) is 48.5 Å². The van der Waals surface area contributed by atoms with Crippen molar-refractivity contribution in [2.45, 2.75) is 25.8 Å². The first-order valence-corrected chi connectivity index (χ1v) is 9.91. The zero-order valence-electron chi connectivity index (χ0n) is 17.0. The maximum Gasteiger partial charge on any atom is 0.226 e. The van der Waals surface area contributed by atoms with Gasteiger partial charge in [0.1, 0.15) is 0 Å². The van der Waals surface area contributed by atoms with Gasteiger partial charge in [0.2, 0.25) is 11.8 Å². The number of nitrogens with one attached hydrogen (secondary N) is 1. The summed E-state index contributed by atoms with van der Waals surface area (Å²) < 4.78 is 10.5. The van der Waals surface area contributed by atoms with E-state index >= 15 is 0 Å². The zero-order chi connectivity index (χ0) is 20.6. The summed E-state index contributed by atoms with van der Waals surface area (Å²) in [6.07, 6.45) is 1.80. The quantitative estimate of drug-likeness (QED) is 0.782. The number of likely N-dealkylation sites (tertiary alicyclic amines) is 1. The molecule has 2 aromatic rings. The van der Waals surface area contributed by atoms with Gasteiger partial charge in [-0.05, 0) is 36.1 Å². The molecule has 1 aliphatic heterocycles. The van der Waals surface area contributed by atoms with Gasteiger partial charge < -0.3 is 19.7 Å². The molecule has 2 amide bonds. The van der Waals surface area contributed by atoms with Gasteiger partial charge in [-0.25, -0.2) is 0 Å². The molecular formula is C23H28N2O4. The summed E-state index contributed by atoms with van der Waals surface area (Å²) in [5, 5.41) is 3.00. The summed E-state index contributed by atoms with van der Waals surface area (Å²) in [6, 6.07) is 15.4. The first-order chi connectivity index (χ1) is 14.1. The van der Waals surface area contributed by atoms with Crippen LogP contribution in [0.1, 0.15) is 24.0 Å². The highest BCUT2D eigenvalue weighted by molar-refractivity contribution is 5.81. The molecule has 154 valence electrons. The van der Waals surface area contributed by atoms with E-state index in [0.29, 0.717) is 50.4 Å². The van der Waals surface area contributed by atoms with Crippen molar-refractivity contribution in [1.29, 1.82) is 0 Å². The standard InChI is InChI=1S/C23H28N2O4/c1-28-20-9-8-18(14-21(20)29-2)16-24-23(27)19-10-12-25(13-11-19)22(26)15-17-6-4-3-5-7-17/h3-9,14,19H,10-13,15-16H2,1-2H3,(H,24,27). The van der Waals surface area contributed by atoms with Crippen LogP contribution in [0.4, 0.5) is 0 Å². The number of carbonyl (C=O) groups excluding carboxylic acids is 2. The van der Waals surface area contributed by atoms with E-state index < -0.39 is 0 Å². The molecular weight excluding hydrogens is 368 g/mol. The fraction of sp³-hybridized carbons (Fsp3) is 0.391. The molecule has 0 spiro atoms. The molecule has 3 rings (SSSR count). The van der Waals surface area contributed by atoms with Crippen molar-refractivity contribution in [3.05, 3.63) is 59.7 Å². The lowest BCUT2D eigenvalue weighted by atomic mass is 9.95. The lowest BCUT2D eigenvalue weighted by Crippen LogP contribution is -2.43. The Balaban J connectivity index is 1.46. The Hall–Kier alpha value is -3.02.